The van der Waals surface area contributed by atoms with Gasteiger partial charge in [-0.3, -0.25) is 9.36 Å². The maximum Gasteiger partial charge on any atom is 0.357 e. The monoisotopic (exact) mass is 627 g/mol. The van der Waals surface area contributed by atoms with Crippen molar-refractivity contribution >= 4 is 36.5 Å². The Morgan fingerprint density at radius 3 is 2.30 bits per heavy atom. The van der Waals surface area contributed by atoms with Crippen molar-refractivity contribution in [1.29, 1.82) is 0 Å². The third-order valence-corrected chi connectivity index (χ3v) is 11.9. The van der Waals surface area contributed by atoms with Crippen molar-refractivity contribution < 1.29 is 23.6 Å². The Bertz CT molecular complexity index is 1420. The fraction of sp³-hybridized carbons (Fsp3) is 0.545. The third kappa shape index (κ3) is 6.46. The van der Waals surface area contributed by atoms with Crippen molar-refractivity contribution in [3.63, 3.8) is 0 Å². The Hall–Kier alpha value is -2.58. The Labute approximate surface area is 261 Å². The highest BCUT2D eigenvalue weighted by atomic mass is 32.1. The summed E-state index contributed by atoms with van der Waals surface area (Å²) in [5.74, 6) is -0.900. The maximum atomic E-state index is 14.2. The van der Waals surface area contributed by atoms with E-state index in [-0.39, 0.29) is 35.6 Å². The number of aryl methyl sites for hydroxylation is 1. The molecule has 4 atom stereocenters. The average molecular weight is 628 g/mol. The molecule has 0 aromatic heterocycles. The summed E-state index contributed by atoms with van der Waals surface area (Å²) in [6.45, 7) is 14.4. The highest BCUT2D eigenvalue weighted by molar-refractivity contribution is 7.80. The summed E-state index contributed by atoms with van der Waals surface area (Å²) in [6.07, 6.45) is 2.93. The molecule has 0 aliphatic heterocycles. The number of hydrogen-bond donors (Lipinski definition) is 3. The number of carbonyl (C=O) groups is 1. The van der Waals surface area contributed by atoms with Gasteiger partial charge in [0.05, 0.1) is 24.3 Å². The quantitative estimate of drug-likeness (QED) is 0.113. The summed E-state index contributed by atoms with van der Waals surface area (Å²) in [5.41, 5.74) is 4.53. The zero-order valence-electron chi connectivity index (χ0n) is 26.4. The Morgan fingerprint density at radius 1 is 1.09 bits per heavy atom. The minimum atomic E-state index is -3.70. The Morgan fingerprint density at radius 2 is 1.72 bits per heavy atom. The molecule has 43 heavy (non-hydrogen) atoms. The van der Waals surface area contributed by atoms with Gasteiger partial charge in [0, 0.05) is 5.56 Å². The van der Waals surface area contributed by atoms with Gasteiger partial charge in [-0.1, -0.05) is 81.2 Å². The fourth-order valence-electron chi connectivity index (χ4n) is 7.02. The van der Waals surface area contributed by atoms with Crippen LogP contribution in [0.5, 0.6) is 0 Å². The molecule has 234 valence electrons. The molecule has 10 heteroatoms. The van der Waals surface area contributed by atoms with Gasteiger partial charge >= 0.3 is 7.60 Å². The molecule has 1 saturated carbocycles. The largest absolute Gasteiger partial charge is 0.411 e. The highest BCUT2D eigenvalue weighted by Crippen LogP contribution is 2.60. The molecule has 2 aliphatic carbocycles. The van der Waals surface area contributed by atoms with Crippen LogP contribution in [0, 0.1) is 18.3 Å². The lowest BCUT2D eigenvalue weighted by atomic mass is 9.49. The van der Waals surface area contributed by atoms with Gasteiger partial charge in [-0.25, -0.2) is 0 Å². The number of benzene rings is 2. The minimum absolute atomic E-state index is 0.0533. The molecule has 2 aromatic carbocycles. The van der Waals surface area contributed by atoms with E-state index in [2.05, 4.69) is 54.8 Å². The lowest BCUT2D eigenvalue weighted by molar-refractivity contribution is -0.136. The second-order valence-corrected chi connectivity index (χ2v) is 15.1. The summed E-state index contributed by atoms with van der Waals surface area (Å²) >= 11 is 5.67. The van der Waals surface area contributed by atoms with E-state index in [0.717, 1.165) is 29.5 Å². The smallest absolute Gasteiger partial charge is 0.357 e. The van der Waals surface area contributed by atoms with Crippen molar-refractivity contribution in [2.75, 3.05) is 13.2 Å². The van der Waals surface area contributed by atoms with Crippen molar-refractivity contribution in [2.45, 2.75) is 91.3 Å². The van der Waals surface area contributed by atoms with E-state index in [9.17, 15) is 14.6 Å². The number of hydrogen-bond acceptors (Lipinski definition) is 7. The molecular formula is C33H46N3O5PS. The van der Waals surface area contributed by atoms with E-state index < -0.39 is 18.8 Å². The predicted molar refractivity (Wildman–Crippen MR) is 175 cm³/mol. The molecule has 0 bridgehead atoms. The van der Waals surface area contributed by atoms with Gasteiger partial charge in [-0.2, -0.15) is 0 Å². The first kappa shape index (κ1) is 33.3. The van der Waals surface area contributed by atoms with Crippen LogP contribution in [0.3, 0.4) is 0 Å². The van der Waals surface area contributed by atoms with Crippen LogP contribution in [-0.4, -0.2) is 35.2 Å². The molecule has 1 amide bonds. The van der Waals surface area contributed by atoms with Crippen LogP contribution in [0.4, 0.5) is 0 Å². The van der Waals surface area contributed by atoms with Gasteiger partial charge in [-0.15, -0.1) is 0 Å². The fourth-order valence-corrected chi connectivity index (χ4v) is 9.24. The molecule has 8 nitrogen and oxygen atoms in total. The normalized spacial score (nSPS) is 25.1. The van der Waals surface area contributed by atoms with Gasteiger partial charge in [0.15, 0.2) is 10.9 Å². The molecule has 0 radical (unpaired) electrons. The average Bonchev–Trinajstić information content (AvgIpc) is 2.96. The van der Waals surface area contributed by atoms with E-state index >= 15 is 0 Å². The summed E-state index contributed by atoms with van der Waals surface area (Å²) in [4.78, 5) is 14.2. The zero-order valence-corrected chi connectivity index (χ0v) is 28.1. The van der Waals surface area contributed by atoms with E-state index in [1.54, 1.807) is 13.8 Å². The molecule has 1 unspecified atom stereocenters. The number of thiocarbonyl (C=S) groups is 1. The van der Waals surface area contributed by atoms with E-state index in [4.69, 9.17) is 21.3 Å². The molecule has 1 fully saturated rings. The number of rotatable bonds is 9. The first-order valence-corrected chi connectivity index (χ1v) is 17.3. The second kappa shape index (κ2) is 13.2. The van der Waals surface area contributed by atoms with E-state index in [1.165, 1.54) is 5.56 Å². The van der Waals surface area contributed by atoms with Gasteiger partial charge in [0.25, 0.3) is 0 Å². The van der Waals surface area contributed by atoms with E-state index in [1.807, 2.05) is 38.1 Å². The minimum Gasteiger partial charge on any atom is -0.411 e. The molecule has 2 aliphatic rings. The number of fused-ring (bicyclic) bond motifs is 3. The maximum absolute atomic E-state index is 14.2. The van der Waals surface area contributed by atoms with Gasteiger partial charge in [0.1, 0.15) is 0 Å². The number of nitrogens with one attached hydrogen (secondary N) is 2. The van der Waals surface area contributed by atoms with Crippen LogP contribution in [0.2, 0.25) is 0 Å². The van der Waals surface area contributed by atoms with Crippen LogP contribution in [-0.2, 0) is 23.8 Å². The zero-order chi connectivity index (χ0) is 31.6. The molecular weight excluding hydrogens is 581 g/mol. The molecule has 0 saturated heterocycles. The van der Waals surface area contributed by atoms with Crippen molar-refractivity contribution in [1.82, 2.24) is 10.6 Å². The predicted octanol–water partition coefficient (Wildman–Crippen LogP) is 7.72. The first-order chi connectivity index (χ1) is 20.3. The van der Waals surface area contributed by atoms with Crippen molar-refractivity contribution in [3.8, 4) is 0 Å². The lowest BCUT2D eigenvalue weighted by Gasteiger charge is -2.54. The Balaban J connectivity index is 1.63. The van der Waals surface area contributed by atoms with Crippen LogP contribution in [0.15, 0.2) is 47.6 Å². The standard InChI is InChI=1S/C33H46N3O5PS/c1-8-40-42(39,41-9-2)29(23-13-11-22(5)12-14-23)34-31(43)35-30(37)33(7)18-10-17-32(6)26-16-15-24(21(3)4)19-25(26)27(36-38)20-28(32)33/h11-16,19,21,28-29,38H,8-10,17-18,20H2,1-7H3,(H2,34,35,37,43)/b36-27-/t28-,29?,32-,33-/m1/s1. The molecule has 3 N–H and O–H groups in total. The summed E-state index contributed by atoms with van der Waals surface area (Å²) < 4.78 is 25.3. The third-order valence-electron chi connectivity index (χ3n) is 9.43. The lowest BCUT2D eigenvalue weighted by Crippen LogP contribution is -2.58. The second-order valence-electron chi connectivity index (χ2n) is 12.6. The van der Waals surface area contributed by atoms with Crippen molar-refractivity contribution in [3.05, 3.63) is 70.3 Å². The van der Waals surface area contributed by atoms with Gasteiger partial charge in [0.2, 0.25) is 5.91 Å². The summed E-state index contributed by atoms with van der Waals surface area (Å²) in [5, 5.41) is 19.9. The molecule has 0 heterocycles. The highest BCUT2D eigenvalue weighted by Gasteiger charge is 2.56. The Kier molecular flexibility index (Phi) is 10.2. The van der Waals surface area contributed by atoms with E-state index in [0.29, 0.717) is 30.0 Å². The van der Waals surface area contributed by atoms with Crippen LogP contribution in [0.1, 0.15) is 107 Å². The molecule has 2 aromatic rings. The number of oxime groups is 1. The molecule has 0 spiro atoms. The topological polar surface area (TPSA) is 109 Å². The van der Waals surface area contributed by atoms with Crippen molar-refractivity contribution in [2.24, 2.45) is 16.5 Å². The van der Waals surface area contributed by atoms with Gasteiger partial charge < -0.3 is 24.9 Å². The van der Waals surface area contributed by atoms with Gasteiger partial charge in [-0.05, 0) is 92.3 Å². The van der Waals surface area contributed by atoms with Crippen LogP contribution >= 0.6 is 19.8 Å². The number of carbonyl (C=O) groups excluding carboxylic acids is 1. The SMILES string of the molecule is CCOP(=O)(OCC)C(NC(=S)NC(=O)[C@]1(C)CCC[C@]2(C)c3ccc(C(C)C)cc3/C(=N\O)C[C@@H]12)c1ccc(C)cc1. The van der Waals surface area contributed by atoms with Crippen LogP contribution in [0.25, 0.3) is 0 Å². The number of nitrogens with zero attached hydrogens (tertiary/aromatic N) is 1. The number of amides is 1. The van der Waals surface area contributed by atoms with Crippen LogP contribution < -0.4 is 10.6 Å². The summed E-state index contributed by atoms with van der Waals surface area (Å²) in [7, 11) is -3.70. The molecule has 4 rings (SSSR count). The summed E-state index contributed by atoms with van der Waals surface area (Å²) in [6, 6.07) is 14.0. The first-order valence-electron chi connectivity index (χ1n) is 15.3.